The van der Waals surface area contributed by atoms with Crippen LogP contribution < -0.4 is 5.32 Å². The zero-order valence-corrected chi connectivity index (χ0v) is 13.8. The van der Waals surface area contributed by atoms with E-state index in [2.05, 4.69) is 60.9 Å². The molecule has 0 aliphatic heterocycles. The molecule has 4 heteroatoms. The van der Waals surface area contributed by atoms with Gasteiger partial charge in [0.05, 0.1) is 9.73 Å². The number of benzene rings is 1. The largest absolute Gasteiger partial charge is 0.310 e. The third kappa shape index (κ3) is 3.64. The minimum atomic E-state index is 0.469. The number of aromatic nitrogens is 1. The highest BCUT2D eigenvalue weighted by Gasteiger charge is 2.10. The van der Waals surface area contributed by atoms with E-state index in [4.69, 9.17) is 4.98 Å². The number of thiophene rings is 1. The Morgan fingerprint density at radius 1 is 1.19 bits per heavy atom. The van der Waals surface area contributed by atoms with Crippen molar-refractivity contribution in [2.24, 2.45) is 0 Å². The fourth-order valence-electron chi connectivity index (χ4n) is 2.09. The van der Waals surface area contributed by atoms with Gasteiger partial charge in [-0.15, -0.1) is 11.3 Å². The molecule has 0 saturated carbocycles. The summed E-state index contributed by atoms with van der Waals surface area (Å²) < 4.78 is 1.28. The molecule has 0 radical (unpaired) electrons. The minimum absolute atomic E-state index is 0.469. The van der Waals surface area contributed by atoms with Gasteiger partial charge in [-0.05, 0) is 29.1 Å². The van der Waals surface area contributed by atoms with Crippen molar-refractivity contribution in [3.63, 3.8) is 0 Å². The van der Waals surface area contributed by atoms with Crippen molar-refractivity contribution in [2.75, 3.05) is 0 Å². The predicted molar refractivity (Wildman–Crippen MR) is 92.2 cm³/mol. The lowest BCUT2D eigenvalue weighted by atomic mass is 10.1. The smallest absolute Gasteiger partial charge is 0.107 e. The summed E-state index contributed by atoms with van der Waals surface area (Å²) in [5.74, 6) is 0. The van der Waals surface area contributed by atoms with Crippen molar-refractivity contribution in [1.29, 1.82) is 0 Å². The van der Waals surface area contributed by atoms with Crippen molar-refractivity contribution < 1.29 is 0 Å². The lowest BCUT2D eigenvalue weighted by Gasteiger charge is -2.12. The quantitative estimate of drug-likeness (QED) is 0.721. The molecule has 0 unspecified atom stereocenters. The maximum absolute atomic E-state index is 4.86. The molecule has 108 valence electrons. The van der Waals surface area contributed by atoms with Crippen LogP contribution >= 0.6 is 23.1 Å². The zero-order chi connectivity index (χ0) is 14.7. The van der Waals surface area contributed by atoms with E-state index in [1.54, 1.807) is 23.1 Å². The van der Waals surface area contributed by atoms with Crippen molar-refractivity contribution in [1.82, 2.24) is 10.3 Å². The fraction of sp³-hybridized carbons (Fsp3) is 0.235. The van der Waals surface area contributed by atoms with Crippen LogP contribution in [-0.4, -0.2) is 11.0 Å². The topological polar surface area (TPSA) is 24.9 Å². The molecule has 1 N–H and O–H groups in total. The first-order valence-corrected chi connectivity index (χ1v) is 8.75. The average molecular weight is 314 g/mol. The number of hydrogen-bond donors (Lipinski definition) is 1. The molecule has 2 heterocycles. The van der Waals surface area contributed by atoms with E-state index >= 15 is 0 Å². The second kappa shape index (κ2) is 6.60. The summed E-state index contributed by atoms with van der Waals surface area (Å²) in [7, 11) is 0. The molecule has 0 spiro atoms. The molecule has 0 fully saturated rings. The first kappa shape index (κ1) is 14.6. The Labute approximate surface area is 133 Å². The number of rotatable bonds is 5. The standard InChI is InChI=1S/C17H18N2S2/c1-12(2)18-11-14-10-13-6-3-4-7-15(13)19-17(14)21-16-8-5-9-20-16/h3-10,12,18H,11H2,1-2H3. The summed E-state index contributed by atoms with van der Waals surface area (Å²) in [4.78, 5) is 4.86. The number of nitrogens with zero attached hydrogens (tertiary/aromatic N) is 1. The Balaban J connectivity index is 1.99. The molecule has 0 atom stereocenters. The highest BCUT2D eigenvalue weighted by atomic mass is 32.2. The molecule has 2 nitrogen and oxygen atoms in total. The first-order valence-electron chi connectivity index (χ1n) is 7.06. The van der Waals surface area contributed by atoms with Crippen LogP contribution in [0.2, 0.25) is 0 Å². The van der Waals surface area contributed by atoms with Gasteiger partial charge >= 0.3 is 0 Å². The number of pyridine rings is 1. The molecule has 0 aliphatic rings. The maximum atomic E-state index is 4.86. The number of para-hydroxylation sites is 1. The summed E-state index contributed by atoms with van der Waals surface area (Å²) in [6, 6.07) is 15.3. The first-order chi connectivity index (χ1) is 10.2. The van der Waals surface area contributed by atoms with Gasteiger partial charge in [-0.2, -0.15) is 0 Å². The highest BCUT2D eigenvalue weighted by molar-refractivity contribution is 8.01. The second-order valence-electron chi connectivity index (χ2n) is 5.22. The van der Waals surface area contributed by atoms with Gasteiger partial charge in [-0.1, -0.05) is 49.9 Å². The molecule has 3 aromatic rings. The maximum Gasteiger partial charge on any atom is 0.107 e. The summed E-state index contributed by atoms with van der Waals surface area (Å²) in [5.41, 5.74) is 2.32. The SMILES string of the molecule is CC(C)NCc1cc2ccccc2nc1Sc1cccs1. The molecular weight excluding hydrogens is 296 g/mol. The summed E-state index contributed by atoms with van der Waals surface area (Å²) in [6.07, 6.45) is 0. The van der Waals surface area contributed by atoms with Gasteiger partial charge in [0.1, 0.15) is 5.03 Å². The monoisotopic (exact) mass is 314 g/mol. The molecular formula is C17H18N2S2. The van der Waals surface area contributed by atoms with Crippen molar-refractivity contribution in [2.45, 2.75) is 35.7 Å². The van der Waals surface area contributed by atoms with Crippen LogP contribution in [-0.2, 0) is 6.54 Å². The van der Waals surface area contributed by atoms with E-state index in [0.29, 0.717) is 6.04 Å². The van der Waals surface area contributed by atoms with Crippen LogP contribution in [0.25, 0.3) is 10.9 Å². The van der Waals surface area contributed by atoms with E-state index in [-0.39, 0.29) is 0 Å². The van der Waals surface area contributed by atoms with Crippen LogP contribution in [0.5, 0.6) is 0 Å². The highest BCUT2D eigenvalue weighted by Crippen LogP contribution is 2.33. The van der Waals surface area contributed by atoms with Crippen LogP contribution in [0.4, 0.5) is 0 Å². The van der Waals surface area contributed by atoms with Gasteiger partial charge in [0, 0.05) is 18.0 Å². The van der Waals surface area contributed by atoms with Crippen molar-refractivity contribution >= 4 is 34.0 Å². The third-order valence-electron chi connectivity index (χ3n) is 3.16. The summed E-state index contributed by atoms with van der Waals surface area (Å²) >= 11 is 3.51. The van der Waals surface area contributed by atoms with E-state index in [9.17, 15) is 0 Å². The van der Waals surface area contributed by atoms with E-state index in [1.165, 1.54) is 15.2 Å². The van der Waals surface area contributed by atoms with Crippen LogP contribution in [0.1, 0.15) is 19.4 Å². The van der Waals surface area contributed by atoms with Gasteiger partial charge in [0.25, 0.3) is 0 Å². The van der Waals surface area contributed by atoms with Gasteiger partial charge in [-0.3, -0.25) is 0 Å². The summed E-state index contributed by atoms with van der Waals surface area (Å²) in [5, 5.41) is 7.91. The van der Waals surface area contributed by atoms with Crippen LogP contribution in [0.3, 0.4) is 0 Å². The lowest BCUT2D eigenvalue weighted by molar-refractivity contribution is 0.583. The molecule has 0 amide bonds. The molecule has 3 rings (SSSR count). The molecule has 0 bridgehead atoms. The predicted octanol–water partition coefficient (Wildman–Crippen LogP) is 4.95. The Kier molecular flexibility index (Phi) is 4.58. The zero-order valence-electron chi connectivity index (χ0n) is 12.2. The Bertz CT molecular complexity index is 721. The van der Waals surface area contributed by atoms with Gasteiger partial charge < -0.3 is 5.32 Å². The molecule has 21 heavy (non-hydrogen) atoms. The van der Waals surface area contributed by atoms with Gasteiger partial charge in [-0.25, -0.2) is 4.98 Å². The van der Waals surface area contributed by atoms with Crippen molar-refractivity contribution in [3.05, 3.63) is 53.4 Å². The van der Waals surface area contributed by atoms with Crippen molar-refractivity contribution in [3.8, 4) is 0 Å². The fourth-order valence-corrected chi connectivity index (χ4v) is 3.88. The summed E-state index contributed by atoms with van der Waals surface area (Å²) in [6.45, 7) is 5.18. The molecule has 0 aliphatic carbocycles. The Hall–Kier alpha value is -1.36. The Morgan fingerprint density at radius 3 is 2.81 bits per heavy atom. The Morgan fingerprint density at radius 2 is 2.05 bits per heavy atom. The number of nitrogens with one attached hydrogen (secondary N) is 1. The number of hydrogen-bond acceptors (Lipinski definition) is 4. The average Bonchev–Trinajstić information content (AvgIpc) is 2.98. The minimum Gasteiger partial charge on any atom is -0.310 e. The van der Waals surface area contributed by atoms with E-state index in [0.717, 1.165) is 17.1 Å². The molecule has 2 aromatic heterocycles. The lowest BCUT2D eigenvalue weighted by Crippen LogP contribution is -2.22. The normalized spacial score (nSPS) is 11.4. The van der Waals surface area contributed by atoms with E-state index in [1.807, 2.05) is 6.07 Å². The van der Waals surface area contributed by atoms with Crippen LogP contribution in [0.15, 0.2) is 57.1 Å². The van der Waals surface area contributed by atoms with Gasteiger partial charge in [0.15, 0.2) is 0 Å². The van der Waals surface area contributed by atoms with E-state index < -0.39 is 0 Å². The van der Waals surface area contributed by atoms with Crippen LogP contribution in [0, 0.1) is 0 Å². The second-order valence-corrected chi connectivity index (χ2v) is 7.45. The third-order valence-corrected chi connectivity index (χ3v) is 5.24. The number of fused-ring (bicyclic) bond motifs is 1. The molecule has 0 saturated heterocycles. The molecule has 1 aromatic carbocycles. The van der Waals surface area contributed by atoms with Gasteiger partial charge in [0.2, 0.25) is 0 Å².